The minimum Gasteiger partial charge on any atom is -0.545 e. The van der Waals surface area contributed by atoms with Gasteiger partial charge in [-0.15, -0.1) is 0 Å². The third-order valence-electron chi connectivity index (χ3n) is 1.51. The van der Waals surface area contributed by atoms with Crippen LogP contribution in [0.25, 0.3) is 0 Å². The van der Waals surface area contributed by atoms with Gasteiger partial charge in [-0.05, 0) is 0 Å². The molecule has 0 bridgehead atoms. The van der Waals surface area contributed by atoms with Gasteiger partial charge in [0, 0.05) is 0 Å². The highest BCUT2D eigenvalue weighted by Crippen LogP contribution is 2.25. The highest BCUT2D eigenvalue weighted by atomic mass is 19.2. The molecule has 0 saturated heterocycles. The van der Waals surface area contributed by atoms with Gasteiger partial charge in [-0.2, -0.15) is 0 Å². The van der Waals surface area contributed by atoms with E-state index in [0.717, 1.165) is 0 Å². The molecular formula is C7H2F4NO2-. The van der Waals surface area contributed by atoms with Crippen LogP contribution in [0.1, 0.15) is 10.4 Å². The first kappa shape index (κ1) is 10.3. The van der Waals surface area contributed by atoms with Crippen LogP contribution in [0.3, 0.4) is 0 Å². The van der Waals surface area contributed by atoms with Gasteiger partial charge in [-0.25, -0.2) is 17.6 Å². The fourth-order valence-electron chi connectivity index (χ4n) is 0.848. The molecule has 1 rings (SSSR count). The second kappa shape index (κ2) is 3.17. The number of carbonyl (C=O) groups is 1. The summed E-state index contributed by atoms with van der Waals surface area (Å²) in [6.07, 6.45) is 0. The lowest BCUT2D eigenvalue weighted by molar-refractivity contribution is -0.255. The SMILES string of the molecule is Nc1c(F)c(F)c(F)c(F)c1C(=O)[O-]. The Bertz CT molecular complexity index is 390. The monoisotopic (exact) mass is 208 g/mol. The van der Waals surface area contributed by atoms with E-state index in [2.05, 4.69) is 0 Å². The summed E-state index contributed by atoms with van der Waals surface area (Å²) in [5.74, 6) is -10.7. The smallest absolute Gasteiger partial charge is 0.199 e. The minimum atomic E-state index is -2.24. The van der Waals surface area contributed by atoms with Gasteiger partial charge in [0.1, 0.15) is 0 Å². The Labute approximate surface area is 74.8 Å². The van der Waals surface area contributed by atoms with E-state index in [9.17, 15) is 27.5 Å². The molecule has 0 aromatic heterocycles. The first-order chi connectivity index (χ1) is 6.37. The molecule has 1 aromatic carbocycles. The lowest BCUT2D eigenvalue weighted by atomic mass is 10.1. The molecule has 0 fully saturated rings. The van der Waals surface area contributed by atoms with Crippen molar-refractivity contribution in [1.29, 1.82) is 0 Å². The fourth-order valence-corrected chi connectivity index (χ4v) is 0.848. The van der Waals surface area contributed by atoms with Crippen molar-refractivity contribution in [3.8, 4) is 0 Å². The number of nitrogens with two attached hydrogens (primary N) is 1. The fraction of sp³-hybridized carbons (Fsp3) is 0. The highest BCUT2D eigenvalue weighted by molar-refractivity contribution is 5.92. The van der Waals surface area contributed by atoms with Crippen LogP contribution in [0.15, 0.2) is 0 Å². The molecule has 0 radical (unpaired) electrons. The molecule has 0 saturated carbocycles. The van der Waals surface area contributed by atoms with Crippen LogP contribution in [0.2, 0.25) is 0 Å². The van der Waals surface area contributed by atoms with Crippen molar-refractivity contribution in [3.05, 3.63) is 28.8 Å². The topological polar surface area (TPSA) is 66.2 Å². The minimum absolute atomic E-state index is 1.33. The first-order valence-corrected chi connectivity index (χ1v) is 3.20. The largest absolute Gasteiger partial charge is 0.545 e. The Hall–Kier alpha value is -1.79. The van der Waals surface area contributed by atoms with Gasteiger partial charge in [0.05, 0.1) is 17.2 Å². The summed E-state index contributed by atoms with van der Waals surface area (Å²) >= 11 is 0. The normalized spacial score (nSPS) is 10.3. The van der Waals surface area contributed by atoms with E-state index in [1.54, 1.807) is 0 Å². The van der Waals surface area contributed by atoms with Gasteiger partial charge in [-0.3, -0.25) is 0 Å². The summed E-state index contributed by atoms with van der Waals surface area (Å²) in [6.45, 7) is 0. The Morgan fingerprint density at radius 2 is 1.43 bits per heavy atom. The maximum absolute atomic E-state index is 12.7. The number of carbonyl (C=O) groups excluding carboxylic acids is 1. The summed E-state index contributed by atoms with van der Waals surface area (Å²) in [5, 5.41) is 10.2. The number of anilines is 1. The van der Waals surface area contributed by atoms with Gasteiger partial charge < -0.3 is 15.6 Å². The second-order valence-corrected chi connectivity index (χ2v) is 2.33. The van der Waals surface area contributed by atoms with Gasteiger partial charge in [0.15, 0.2) is 23.3 Å². The number of hydrogen-bond donors (Lipinski definition) is 1. The van der Waals surface area contributed by atoms with Crippen molar-refractivity contribution in [2.45, 2.75) is 0 Å². The van der Waals surface area contributed by atoms with Gasteiger partial charge >= 0.3 is 0 Å². The molecule has 0 amide bonds. The predicted octanol–water partition coefficient (Wildman–Crippen LogP) is 0.189. The van der Waals surface area contributed by atoms with Gasteiger partial charge in [-0.1, -0.05) is 0 Å². The number of carboxylic acids is 1. The van der Waals surface area contributed by atoms with Crippen LogP contribution in [-0.4, -0.2) is 5.97 Å². The Morgan fingerprint density at radius 1 is 1.00 bits per heavy atom. The van der Waals surface area contributed by atoms with Crippen molar-refractivity contribution in [2.75, 3.05) is 5.73 Å². The highest BCUT2D eigenvalue weighted by Gasteiger charge is 2.23. The Kier molecular flexibility index (Phi) is 2.33. The maximum atomic E-state index is 12.7. The molecular weight excluding hydrogens is 206 g/mol. The molecule has 76 valence electrons. The first-order valence-electron chi connectivity index (χ1n) is 3.20. The molecule has 0 aliphatic carbocycles. The molecule has 2 N–H and O–H groups in total. The molecule has 14 heavy (non-hydrogen) atoms. The number of rotatable bonds is 1. The standard InChI is InChI=1S/C7H3F4NO2/c8-2-1(7(13)14)6(12)5(11)4(10)3(2)9/h12H2,(H,13,14)/p-1. The lowest BCUT2D eigenvalue weighted by Gasteiger charge is -2.10. The molecule has 0 atom stereocenters. The third kappa shape index (κ3) is 1.26. The zero-order chi connectivity index (χ0) is 11.0. The Morgan fingerprint density at radius 3 is 1.86 bits per heavy atom. The van der Waals surface area contributed by atoms with Crippen molar-refractivity contribution < 1.29 is 27.5 Å². The van der Waals surface area contributed by atoms with E-state index in [0.29, 0.717) is 0 Å². The van der Waals surface area contributed by atoms with Crippen LogP contribution in [0.4, 0.5) is 23.2 Å². The lowest BCUT2D eigenvalue weighted by Crippen LogP contribution is -2.26. The average molecular weight is 208 g/mol. The van der Waals surface area contributed by atoms with Crippen molar-refractivity contribution >= 4 is 11.7 Å². The third-order valence-corrected chi connectivity index (χ3v) is 1.51. The van der Waals surface area contributed by atoms with E-state index in [4.69, 9.17) is 5.73 Å². The van der Waals surface area contributed by atoms with Crippen LogP contribution in [0, 0.1) is 23.3 Å². The summed E-state index contributed by atoms with van der Waals surface area (Å²) < 4.78 is 50.1. The van der Waals surface area contributed by atoms with Crippen LogP contribution < -0.4 is 10.8 Å². The number of benzene rings is 1. The van der Waals surface area contributed by atoms with Crippen molar-refractivity contribution in [3.63, 3.8) is 0 Å². The molecule has 3 nitrogen and oxygen atoms in total. The van der Waals surface area contributed by atoms with Crippen molar-refractivity contribution in [2.24, 2.45) is 0 Å². The molecule has 0 spiro atoms. The van der Waals surface area contributed by atoms with Crippen molar-refractivity contribution in [1.82, 2.24) is 0 Å². The number of nitrogen functional groups attached to an aromatic ring is 1. The number of halogens is 4. The molecule has 7 heteroatoms. The molecule has 0 aliphatic rings. The van der Waals surface area contributed by atoms with E-state index >= 15 is 0 Å². The number of hydrogen-bond acceptors (Lipinski definition) is 3. The zero-order valence-electron chi connectivity index (χ0n) is 6.41. The molecule has 0 aliphatic heterocycles. The predicted molar refractivity (Wildman–Crippen MR) is 35.0 cm³/mol. The average Bonchev–Trinajstić information content (AvgIpc) is 2.11. The summed E-state index contributed by atoms with van der Waals surface area (Å²) in [4.78, 5) is 10.2. The van der Waals surface area contributed by atoms with E-state index < -0.39 is 40.5 Å². The quantitative estimate of drug-likeness (QED) is 0.310. The Balaban J connectivity index is 3.68. The van der Waals surface area contributed by atoms with Crippen LogP contribution >= 0.6 is 0 Å². The molecule has 0 heterocycles. The summed E-state index contributed by atoms with van der Waals surface area (Å²) in [6, 6.07) is 0. The number of carboxylic acid groups (broad SMARTS) is 1. The maximum Gasteiger partial charge on any atom is 0.199 e. The molecule has 1 aromatic rings. The van der Waals surface area contributed by atoms with Gasteiger partial charge in [0.25, 0.3) is 0 Å². The summed E-state index contributed by atoms with van der Waals surface area (Å²) in [7, 11) is 0. The van der Waals surface area contributed by atoms with Gasteiger partial charge in [0.2, 0.25) is 0 Å². The summed E-state index contributed by atoms with van der Waals surface area (Å²) in [5.41, 5.74) is 1.85. The van der Waals surface area contributed by atoms with E-state index in [-0.39, 0.29) is 0 Å². The second-order valence-electron chi connectivity index (χ2n) is 2.33. The number of aromatic carboxylic acids is 1. The van der Waals surface area contributed by atoms with Crippen LogP contribution in [0.5, 0.6) is 0 Å². The van der Waals surface area contributed by atoms with E-state index in [1.165, 1.54) is 0 Å². The van der Waals surface area contributed by atoms with Crippen LogP contribution in [-0.2, 0) is 0 Å². The molecule has 0 unspecified atom stereocenters. The zero-order valence-corrected chi connectivity index (χ0v) is 6.41. The van der Waals surface area contributed by atoms with E-state index in [1.807, 2.05) is 0 Å².